The Morgan fingerprint density at radius 2 is 1.95 bits per heavy atom. The van der Waals surface area contributed by atoms with Crippen LogP contribution < -0.4 is 5.32 Å². The zero-order valence-corrected chi connectivity index (χ0v) is 20.8. The molecule has 0 saturated carbocycles. The molecule has 4 heterocycles. The van der Waals surface area contributed by atoms with E-state index in [9.17, 15) is 27.2 Å². The second-order valence-electron chi connectivity index (χ2n) is 9.12. The Bertz CT molecular complexity index is 1520. The SMILES string of the molecule is C[C@H](Cc1nc(C(=O)N2CC(NC(=O)c3cccc(C(F)(F)F)c3)C2)c2sccc2n1)c1cncc(F)c1. The van der Waals surface area contributed by atoms with Crippen LogP contribution in [-0.2, 0) is 12.6 Å². The van der Waals surface area contributed by atoms with Crippen molar-refractivity contribution in [3.8, 4) is 0 Å². The van der Waals surface area contributed by atoms with Crippen molar-refractivity contribution < 1.29 is 27.2 Å². The lowest BCUT2D eigenvalue weighted by Crippen LogP contribution is -2.61. The fraction of sp³-hybridized carbons (Fsp3) is 0.269. The molecule has 1 N–H and O–H groups in total. The van der Waals surface area contributed by atoms with Gasteiger partial charge >= 0.3 is 6.18 Å². The van der Waals surface area contributed by atoms with Gasteiger partial charge in [-0.15, -0.1) is 11.3 Å². The molecule has 1 aliphatic rings. The molecule has 196 valence electrons. The molecule has 12 heteroatoms. The quantitative estimate of drug-likeness (QED) is 0.352. The summed E-state index contributed by atoms with van der Waals surface area (Å²) >= 11 is 1.34. The number of hydrogen-bond donors (Lipinski definition) is 1. The number of aromatic nitrogens is 3. The number of nitrogens with zero attached hydrogens (tertiary/aromatic N) is 4. The van der Waals surface area contributed by atoms with Crippen molar-refractivity contribution in [2.24, 2.45) is 0 Å². The van der Waals surface area contributed by atoms with E-state index in [1.807, 2.05) is 12.3 Å². The number of thiophene rings is 1. The van der Waals surface area contributed by atoms with Crippen LogP contribution in [0.3, 0.4) is 0 Å². The number of halogens is 4. The molecular weight excluding hydrogens is 522 g/mol. The summed E-state index contributed by atoms with van der Waals surface area (Å²) in [6, 6.07) is 6.99. The van der Waals surface area contributed by atoms with Gasteiger partial charge in [-0.3, -0.25) is 14.6 Å². The lowest BCUT2D eigenvalue weighted by molar-refractivity contribution is -0.137. The lowest BCUT2D eigenvalue weighted by Gasteiger charge is -2.39. The second-order valence-corrected chi connectivity index (χ2v) is 10.0. The van der Waals surface area contributed by atoms with Crippen LogP contribution in [0.4, 0.5) is 17.6 Å². The van der Waals surface area contributed by atoms with E-state index in [-0.39, 0.29) is 36.2 Å². The van der Waals surface area contributed by atoms with Gasteiger partial charge in [-0.1, -0.05) is 13.0 Å². The predicted molar refractivity (Wildman–Crippen MR) is 132 cm³/mol. The third-order valence-electron chi connectivity index (χ3n) is 6.29. The molecule has 0 aliphatic carbocycles. The number of rotatable bonds is 6. The van der Waals surface area contributed by atoms with E-state index in [0.717, 1.165) is 18.3 Å². The molecule has 7 nitrogen and oxygen atoms in total. The van der Waals surface area contributed by atoms with E-state index in [1.165, 1.54) is 34.4 Å². The first kappa shape index (κ1) is 25.7. The number of likely N-dealkylation sites (tertiary alicyclic amines) is 1. The van der Waals surface area contributed by atoms with Crippen molar-refractivity contribution in [3.05, 3.63) is 88.2 Å². The maximum absolute atomic E-state index is 13.6. The van der Waals surface area contributed by atoms with Gasteiger partial charge in [0.25, 0.3) is 11.8 Å². The van der Waals surface area contributed by atoms with Gasteiger partial charge in [0, 0.05) is 31.3 Å². The first-order chi connectivity index (χ1) is 18.1. The van der Waals surface area contributed by atoms with Gasteiger partial charge in [-0.05, 0) is 47.2 Å². The highest BCUT2D eigenvalue weighted by Gasteiger charge is 2.35. The Morgan fingerprint density at radius 3 is 2.68 bits per heavy atom. The summed E-state index contributed by atoms with van der Waals surface area (Å²) in [6.45, 7) is 2.29. The molecule has 5 rings (SSSR count). The Hall–Kier alpha value is -3.93. The Labute approximate surface area is 218 Å². The van der Waals surface area contributed by atoms with E-state index >= 15 is 0 Å². The van der Waals surface area contributed by atoms with Crippen molar-refractivity contribution in [1.82, 2.24) is 25.2 Å². The third-order valence-corrected chi connectivity index (χ3v) is 7.20. The molecule has 1 atom stereocenters. The first-order valence-corrected chi connectivity index (χ1v) is 12.6. The summed E-state index contributed by atoms with van der Waals surface area (Å²) in [5, 5.41) is 4.49. The Balaban J connectivity index is 1.26. The highest BCUT2D eigenvalue weighted by atomic mass is 32.1. The molecule has 2 amide bonds. The number of pyridine rings is 1. The third kappa shape index (κ3) is 5.35. The first-order valence-electron chi connectivity index (χ1n) is 11.7. The van der Waals surface area contributed by atoms with Gasteiger partial charge in [0.15, 0.2) is 0 Å². The Kier molecular flexibility index (Phi) is 6.82. The average Bonchev–Trinajstić information content (AvgIpc) is 3.33. The summed E-state index contributed by atoms with van der Waals surface area (Å²) in [6.07, 6.45) is -1.47. The van der Waals surface area contributed by atoms with Crippen LogP contribution >= 0.6 is 11.3 Å². The lowest BCUT2D eigenvalue weighted by atomic mass is 9.99. The van der Waals surface area contributed by atoms with E-state index in [2.05, 4.69) is 20.3 Å². The molecule has 38 heavy (non-hydrogen) atoms. The van der Waals surface area contributed by atoms with E-state index in [0.29, 0.717) is 28.0 Å². The van der Waals surface area contributed by atoms with Crippen LogP contribution in [-0.4, -0.2) is 50.8 Å². The highest BCUT2D eigenvalue weighted by molar-refractivity contribution is 7.17. The van der Waals surface area contributed by atoms with Crippen LogP contribution in [0.2, 0.25) is 0 Å². The van der Waals surface area contributed by atoms with Gasteiger partial charge in [0.05, 0.1) is 28.0 Å². The molecule has 1 aliphatic heterocycles. The Morgan fingerprint density at radius 1 is 1.16 bits per heavy atom. The topological polar surface area (TPSA) is 88.1 Å². The van der Waals surface area contributed by atoms with Gasteiger partial charge in [-0.2, -0.15) is 13.2 Å². The van der Waals surface area contributed by atoms with Crippen LogP contribution in [0, 0.1) is 5.82 Å². The van der Waals surface area contributed by atoms with Gasteiger partial charge in [0.1, 0.15) is 17.3 Å². The molecular formula is C26H21F4N5O2S. The van der Waals surface area contributed by atoms with Crippen molar-refractivity contribution in [2.45, 2.75) is 31.5 Å². The number of benzene rings is 1. The zero-order chi connectivity index (χ0) is 27.0. The molecule has 0 spiro atoms. The van der Waals surface area contributed by atoms with Gasteiger partial charge < -0.3 is 10.2 Å². The average molecular weight is 544 g/mol. The van der Waals surface area contributed by atoms with Crippen molar-refractivity contribution >= 4 is 33.4 Å². The van der Waals surface area contributed by atoms with Crippen LogP contribution in [0.25, 0.3) is 10.2 Å². The largest absolute Gasteiger partial charge is 0.416 e. The molecule has 1 fully saturated rings. The smallest absolute Gasteiger partial charge is 0.346 e. The summed E-state index contributed by atoms with van der Waals surface area (Å²) in [5.74, 6) is -1.11. The van der Waals surface area contributed by atoms with E-state index < -0.39 is 29.5 Å². The monoisotopic (exact) mass is 543 g/mol. The second kappa shape index (κ2) is 10.1. The van der Waals surface area contributed by atoms with Crippen LogP contribution in [0.1, 0.15) is 50.6 Å². The summed E-state index contributed by atoms with van der Waals surface area (Å²) in [5.41, 5.74) is 0.551. The van der Waals surface area contributed by atoms with Gasteiger partial charge in [-0.25, -0.2) is 14.4 Å². The number of fused-ring (bicyclic) bond motifs is 1. The molecule has 1 aromatic carbocycles. The summed E-state index contributed by atoms with van der Waals surface area (Å²) in [7, 11) is 0. The van der Waals surface area contributed by atoms with Gasteiger partial charge in [0.2, 0.25) is 0 Å². The predicted octanol–water partition coefficient (Wildman–Crippen LogP) is 4.84. The van der Waals surface area contributed by atoms with Crippen molar-refractivity contribution in [1.29, 1.82) is 0 Å². The summed E-state index contributed by atoms with van der Waals surface area (Å²) in [4.78, 5) is 40.3. The minimum atomic E-state index is -4.55. The number of carbonyl (C=O) groups excluding carboxylic acids is 2. The zero-order valence-electron chi connectivity index (χ0n) is 20.0. The molecule has 4 aromatic rings. The fourth-order valence-corrected chi connectivity index (χ4v) is 5.04. The molecule has 3 aromatic heterocycles. The molecule has 0 radical (unpaired) electrons. The highest BCUT2D eigenvalue weighted by Crippen LogP contribution is 2.30. The van der Waals surface area contributed by atoms with Crippen molar-refractivity contribution in [2.75, 3.05) is 13.1 Å². The fourth-order valence-electron chi connectivity index (χ4n) is 4.23. The number of nitrogens with one attached hydrogen (secondary N) is 1. The summed E-state index contributed by atoms with van der Waals surface area (Å²) < 4.78 is 53.1. The van der Waals surface area contributed by atoms with Crippen molar-refractivity contribution in [3.63, 3.8) is 0 Å². The molecule has 0 unspecified atom stereocenters. The maximum atomic E-state index is 13.6. The molecule has 1 saturated heterocycles. The number of alkyl halides is 3. The van der Waals surface area contributed by atoms with E-state index in [1.54, 1.807) is 12.3 Å². The van der Waals surface area contributed by atoms with Crippen LogP contribution in [0.5, 0.6) is 0 Å². The normalized spacial score (nSPS) is 14.8. The maximum Gasteiger partial charge on any atom is 0.416 e. The number of hydrogen-bond acceptors (Lipinski definition) is 6. The standard InChI is InChI=1S/C26H21F4N5O2S/c1-14(16-9-18(27)11-31-10-16)7-21-33-20-5-6-38-23(20)22(34-21)25(37)35-12-19(13-35)32-24(36)15-3-2-4-17(8-15)26(28,29)30/h2-6,8-11,14,19H,7,12-13H2,1H3,(H,32,36)/t14-/m1/s1. The number of amides is 2. The van der Waals surface area contributed by atoms with Crippen LogP contribution in [0.15, 0.2) is 54.2 Å². The number of carbonyl (C=O) groups is 2. The minimum Gasteiger partial charge on any atom is -0.346 e. The van der Waals surface area contributed by atoms with E-state index in [4.69, 9.17) is 0 Å². The molecule has 0 bridgehead atoms. The minimum absolute atomic E-state index is 0.104.